The third-order valence-corrected chi connectivity index (χ3v) is 11.4. The van der Waals surface area contributed by atoms with E-state index in [0.717, 1.165) is 24.2 Å². The lowest BCUT2D eigenvalue weighted by atomic mass is 9.73. The molecule has 1 aliphatic carbocycles. The average molecular weight is 403 g/mol. The number of halogens is 1. The van der Waals surface area contributed by atoms with Gasteiger partial charge in [0.15, 0.2) is 0 Å². The maximum atomic E-state index is 13.0. The smallest absolute Gasteiger partial charge is 0.123 e. The molecule has 0 unspecified atom stereocenters. The molecule has 158 valence electrons. The van der Waals surface area contributed by atoms with Gasteiger partial charge in [0, 0.05) is 8.80 Å². The lowest BCUT2D eigenvalue weighted by Crippen LogP contribution is -2.28. The van der Waals surface area contributed by atoms with E-state index in [1.165, 1.54) is 69.8 Å². The van der Waals surface area contributed by atoms with Crippen molar-refractivity contribution in [2.45, 2.75) is 109 Å². The molecule has 2 fully saturated rings. The summed E-state index contributed by atoms with van der Waals surface area (Å²) in [5.41, 5.74) is 1.29. The molecule has 0 radical (unpaired) electrons. The highest BCUT2D eigenvalue weighted by Gasteiger charge is 2.30. The molecule has 1 saturated carbocycles. The Balaban J connectivity index is 1.25. The molecule has 2 heteroatoms. The van der Waals surface area contributed by atoms with Crippen molar-refractivity contribution < 1.29 is 4.39 Å². The van der Waals surface area contributed by atoms with E-state index in [-0.39, 0.29) is 14.6 Å². The molecule has 2 aliphatic rings. The predicted molar refractivity (Wildman–Crippen MR) is 123 cm³/mol. The normalized spacial score (nSPS) is 28.4. The van der Waals surface area contributed by atoms with Crippen molar-refractivity contribution in [3.05, 3.63) is 35.6 Å². The summed E-state index contributed by atoms with van der Waals surface area (Å²) in [4.78, 5) is 0. The Bertz CT molecular complexity index is 524. The van der Waals surface area contributed by atoms with Gasteiger partial charge in [-0.2, -0.15) is 0 Å². The molecular formula is C26H43FSi. The minimum Gasteiger partial charge on any atom is -0.207 e. The number of aryl methyl sites for hydroxylation is 1. The van der Waals surface area contributed by atoms with Crippen molar-refractivity contribution in [2.75, 3.05) is 0 Å². The summed E-state index contributed by atoms with van der Waals surface area (Å²) in [5.74, 6) is 3.03. The van der Waals surface area contributed by atoms with E-state index in [2.05, 4.69) is 6.92 Å². The highest BCUT2D eigenvalue weighted by molar-refractivity contribution is 6.58. The van der Waals surface area contributed by atoms with E-state index in [1.807, 2.05) is 12.1 Å². The van der Waals surface area contributed by atoms with Crippen molar-refractivity contribution in [2.24, 2.45) is 17.8 Å². The fraction of sp³-hybridized carbons (Fsp3) is 0.769. The number of unbranched alkanes of at least 4 members (excludes halogenated alkanes) is 3. The molecule has 3 rings (SSSR count). The van der Waals surface area contributed by atoms with Gasteiger partial charge in [-0.1, -0.05) is 95.0 Å². The first-order valence-electron chi connectivity index (χ1n) is 12.5. The Labute approximate surface area is 175 Å². The molecule has 0 N–H and O–H groups in total. The van der Waals surface area contributed by atoms with Crippen LogP contribution in [0.25, 0.3) is 0 Å². The summed E-state index contributed by atoms with van der Waals surface area (Å²) in [6.45, 7) is 2.33. The van der Waals surface area contributed by atoms with Crippen LogP contribution in [-0.4, -0.2) is 8.80 Å². The summed E-state index contributed by atoms with van der Waals surface area (Å²) in [7, 11) is -0.332. The Kier molecular flexibility index (Phi) is 9.57. The van der Waals surface area contributed by atoms with Gasteiger partial charge in [0.1, 0.15) is 5.82 Å². The Morgan fingerprint density at radius 2 is 1.50 bits per heavy atom. The average Bonchev–Trinajstić information content (AvgIpc) is 2.74. The van der Waals surface area contributed by atoms with Crippen LogP contribution in [0.4, 0.5) is 4.39 Å². The van der Waals surface area contributed by atoms with Crippen LogP contribution in [0.5, 0.6) is 0 Å². The summed E-state index contributed by atoms with van der Waals surface area (Å²) >= 11 is 0. The molecule has 28 heavy (non-hydrogen) atoms. The van der Waals surface area contributed by atoms with Crippen molar-refractivity contribution in [3.8, 4) is 0 Å². The number of benzene rings is 1. The fourth-order valence-corrected chi connectivity index (χ4v) is 9.52. The van der Waals surface area contributed by atoms with E-state index in [4.69, 9.17) is 0 Å². The molecule has 0 amide bonds. The van der Waals surface area contributed by atoms with Crippen LogP contribution in [-0.2, 0) is 6.42 Å². The van der Waals surface area contributed by atoms with Crippen molar-refractivity contribution >= 4 is 8.80 Å². The van der Waals surface area contributed by atoms with Crippen LogP contribution in [0.2, 0.25) is 18.1 Å². The maximum absolute atomic E-state index is 13.0. The van der Waals surface area contributed by atoms with Crippen LogP contribution < -0.4 is 0 Å². The fourth-order valence-electron chi connectivity index (χ4n) is 5.99. The summed E-state index contributed by atoms with van der Waals surface area (Å²) in [6.07, 6.45) is 18.8. The first kappa shape index (κ1) is 22.1. The highest BCUT2D eigenvalue weighted by atomic mass is 28.3. The van der Waals surface area contributed by atoms with E-state index >= 15 is 0 Å². The van der Waals surface area contributed by atoms with Gasteiger partial charge in [-0.25, -0.2) is 4.39 Å². The van der Waals surface area contributed by atoms with Gasteiger partial charge in [-0.3, -0.25) is 0 Å². The SMILES string of the molecule is CCCCC[Si@H]1CC[C@H]([C@H]2CC[C@H](CCCCc3ccc(F)cc3)CC2)CC1. The molecule has 0 nitrogen and oxygen atoms in total. The molecule has 1 aliphatic heterocycles. The van der Waals surface area contributed by atoms with Crippen molar-refractivity contribution in [3.63, 3.8) is 0 Å². The Morgan fingerprint density at radius 3 is 2.18 bits per heavy atom. The topological polar surface area (TPSA) is 0 Å². The van der Waals surface area contributed by atoms with E-state index in [1.54, 1.807) is 43.1 Å². The zero-order chi connectivity index (χ0) is 19.6. The molecule has 1 aromatic carbocycles. The molecular weight excluding hydrogens is 359 g/mol. The minimum atomic E-state index is -0.332. The highest BCUT2D eigenvalue weighted by Crippen LogP contribution is 2.42. The standard InChI is InChI=1S/C26H43FSi/c1-2-3-6-19-28-20-17-25(18-21-28)24-13-9-22(10-14-24)7-4-5-8-23-11-15-26(27)16-12-23/h11-12,15-16,22,24-25,28H,2-10,13-14,17-21H2,1H3/t22-,24-,25-,28-. The Morgan fingerprint density at radius 1 is 0.821 bits per heavy atom. The van der Waals surface area contributed by atoms with Gasteiger partial charge in [-0.05, 0) is 61.1 Å². The largest absolute Gasteiger partial charge is 0.207 e. The van der Waals surface area contributed by atoms with Crippen LogP contribution in [0.3, 0.4) is 0 Å². The van der Waals surface area contributed by atoms with Crippen LogP contribution in [0.1, 0.15) is 89.5 Å². The quantitative estimate of drug-likeness (QED) is 0.273. The van der Waals surface area contributed by atoms with Crippen LogP contribution >= 0.6 is 0 Å². The molecule has 1 saturated heterocycles. The molecule has 0 aromatic heterocycles. The lowest BCUT2D eigenvalue weighted by molar-refractivity contribution is 0.184. The van der Waals surface area contributed by atoms with Crippen molar-refractivity contribution in [1.82, 2.24) is 0 Å². The first-order valence-corrected chi connectivity index (χ1v) is 14.9. The van der Waals surface area contributed by atoms with Gasteiger partial charge in [0.25, 0.3) is 0 Å². The zero-order valence-corrected chi connectivity index (χ0v) is 19.5. The third-order valence-electron chi connectivity index (χ3n) is 7.91. The number of rotatable bonds is 10. The second-order valence-corrected chi connectivity index (χ2v) is 13.4. The lowest BCUT2D eigenvalue weighted by Gasteiger charge is -2.37. The molecule has 0 spiro atoms. The first-order chi connectivity index (χ1) is 13.7. The van der Waals surface area contributed by atoms with Gasteiger partial charge in [0.05, 0.1) is 0 Å². The van der Waals surface area contributed by atoms with Gasteiger partial charge >= 0.3 is 0 Å². The van der Waals surface area contributed by atoms with Crippen LogP contribution in [0, 0.1) is 23.6 Å². The Hall–Kier alpha value is -0.633. The van der Waals surface area contributed by atoms with E-state index in [0.29, 0.717) is 0 Å². The summed E-state index contributed by atoms with van der Waals surface area (Å²) in [6, 6.07) is 12.1. The minimum absolute atomic E-state index is 0.118. The van der Waals surface area contributed by atoms with E-state index < -0.39 is 0 Å². The van der Waals surface area contributed by atoms with Crippen LogP contribution in [0.15, 0.2) is 24.3 Å². The third kappa shape index (κ3) is 7.32. The van der Waals surface area contributed by atoms with Gasteiger partial charge in [0.2, 0.25) is 0 Å². The second kappa shape index (κ2) is 12.2. The predicted octanol–water partition coefficient (Wildman–Crippen LogP) is 8.17. The number of hydrogen-bond donors (Lipinski definition) is 0. The molecule has 0 atom stereocenters. The van der Waals surface area contributed by atoms with Gasteiger partial charge in [-0.15, -0.1) is 0 Å². The number of hydrogen-bond acceptors (Lipinski definition) is 0. The monoisotopic (exact) mass is 402 g/mol. The molecule has 1 aromatic rings. The molecule has 1 heterocycles. The molecule has 0 bridgehead atoms. The van der Waals surface area contributed by atoms with Gasteiger partial charge < -0.3 is 0 Å². The summed E-state index contributed by atoms with van der Waals surface area (Å²) < 4.78 is 13.0. The van der Waals surface area contributed by atoms with E-state index in [9.17, 15) is 4.39 Å². The second-order valence-electron chi connectivity index (χ2n) is 9.93. The summed E-state index contributed by atoms with van der Waals surface area (Å²) in [5, 5.41) is 0. The van der Waals surface area contributed by atoms with Crippen molar-refractivity contribution in [1.29, 1.82) is 0 Å². The maximum Gasteiger partial charge on any atom is 0.123 e. The zero-order valence-electron chi connectivity index (χ0n) is 18.3.